The van der Waals surface area contributed by atoms with E-state index in [1.807, 2.05) is 19.1 Å². The van der Waals surface area contributed by atoms with Crippen LogP contribution in [0.5, 0.6) is 0 Å². The van der Waals surface area contributed by atoms with E-state index in [0.717, 1.165) is 49.5 Å². The molecule has 0 atom stereocenters. The molecule has 2 aromatic rings. The average Bonchev–Trinajstić information content (AvgIpc) is 2.53. The van der Waals surface area contributed by atoms with Crippen molar-refractivity contribution in [1.29, 1.82) is 0 Å². The molecular formula is C18H24N4O2. The van der Waals surface area contributed by atoms with Crippen LogP contribution in [0.4, 0.5) is 11.4 Å². The van der Waals surface area contributed by atoms with E-state index in [1.165, 1.54) is 6.07 Å². The van der Waals surface area contributed by atoms with Crippen LogP contribution in [0.1, 0.15) is 19.5 Å². The Bertz CT molecular complexity index is 752. The molecule has 0 aliphatic carbocycles. The molecule has 2 heterocycles. The Morgan fingerprint density at radius 3 is 2.58 bits per heavy atom. The number of rotatable bonds is 4. The quantitative estimate of drug-likeness (QED) is 0.637. The first-order chi connectivity index (χ1) is 11.5. The van der Waals surface area contributed by atoms with Gasteiger partial charge in [-0.05, 0) is 18.9 Å². The summed E-state index contributed by atoms with van der Waals surface area (Å²) in [6.07, 6.45) is 0. The molecule has 0 radical (unpaired) electrons. The van der Waals surface area contributed by atoms with Crippen molar-refractivity contribution in [2.24, 2.45) is 5.92 Å². The number of piperazine rings is 1. The highest BCUT2D eigenvalue weighted by Crippen LogP contribution is 2.32. The fourth-order valence-electron chi connectivity index (χ4n) is 3.44. The van der Waals surface area contributed by atoms with Gasteiger partial charge in [-0.3, -0.25) is 15.0 Å². The minimum atomic E-state index is -0.348. The van der Waals surface area contributed by atoms with Gasteiger partial charge in [0, 0.05) is 55.6 Å². The van der Waals surface area contributed by atoms with Crippen molar-refractivity contribution in [3.05, 3.63) is 40.1 Å². The van der Waals surface area contributed by atoms with E-state index in [9.17, 15) is 10.1 Å². The molecule has 128 valence electrons. The number of pyridine rings is 1. The van der Waals surface area contributed by atoms with Crippen LogP contribution in [0.3, 0.4) is 0 Å². The largest absolute Gasteiger partial charge is 0.368 e. The monoisotopic (exact) mass is 328 g/mol. The van der Waals surface area contributed by atoms with Crippen molar-refractivity contribution < 1.29 is 4.92 Å². The maximum Gasteiger partial charge on any atom is 0.295 e. The average molecular weight is 328 g/mol. The summed E-state index contributed by atoms with van der Waals surface area (Å²) in [5.74, 6) is 0.670. The molecule has 0 bridgehead atoms. The fraction of sp³-hybridized carbons (Fsp3) is 0.500. The number of benzene rings is 1. The predicted molar refractivity (Wildman–Crippen MR) is 96.6 cm³/mol. The van der Waals surface area contributed by atoms with E-state index in [4.69, 9.17) is 0 Å². The second kappa shape index (κ2) is 6.73. The Morgan fingerprint density at radius 1 is 1.25 bits per heavy atom. The summed E-state index contributed by atoms with van der Waals surface area (Å²) in [7, 11) is 0. The van der Waals surface area contributed by atoms with Crippen LogP contribution in [-0.4, -0.2) is 47.5 Å². The number of aromatic nitrogens is 1. The number of hydrogen-bond acceptors (Lipinski definition) is 5. The topological polar surface area (TPSA) is 62.5 Å². The summed E-state index contributed by atoms with van der Waals surface area (Å²) in [6, 6.07) is 7.25. The molecule has 1 saturated heterocycles. The number of para-hydroxylation sites is 1. The van der Waals surface area contributed by atoms with Gasteiger partial charge in [-0.15, -0.1) is 0 Å². The van der Waals surface area contributed by atoms with Crippen LogP contribution < -0.4 is 4.90 Å². The Hall–Kier alpha value is -2.21. The lowest BCUT2D eigenvalue weighted by Crippen LogP contribution is -2.47. The molecule has 1 fully saturated rings. The third kappa shape index (κ3) is 3.33. The zero-order chi connectivity index (χ0) is 17.3. The molecule has 1 aromatic carbocycles. The minimum absolute atomic E-state index is 0.0795. The molecule has 0 spiro atoms. The lowest BCUT2D eigenvalue weighted by Gasteiger charge is -2.37. The van der Waals surface area contributed by atoms with E-state index in [1.54, 1.807) is 6.07 Å². The van der Waals surface area contributed by atoms with Gasteiger partial charge in [0.15, 0.2) is 5.52 Å². The molecule has 1 aliphatic heterocycles. The maximum atomic E-state index is 11.3. The SMILES string of the molecule is Cc1cc(N2CCN(CC(C)C)CC2)c2cccc([N+](=O)[O-])c2n1. The molecule has 1 aliphatic rings. The summed E-state index contributed by atoms with van der Waals surface area (Å²) in [5.41, 5.74) is 2.44. The van der Waals surface area contributed by atoms with Crippen LogP contribution in [0, 0.1) is 23.0 Å². The van der Waals surface area contributed by atoms with Crippen molar-refractivity contribution in [1.82, 2.24) is 9.88 Å². The number of hydrogen-bond donors (Lipinski definition) is 0. The van der Waals surface area contributed by atoms with Crippen molar-refractivity contribution >= 4 is 22.3 Å². The highest BCUT2D eigenvalue weighted by Gasteiger charge is 2.22. The van der Waals surface area contributed by atoms with Gasteiger partial charge in [-0.2, -0.15) is 0 Å². The van der Waals surface area contributed by atoms with Crippen molar-refractivity contribution in [2.75, 3.05) is 37.6 Å². The summed E-state index contributed by atoms with van der Waals surface area (Å²) in [6.45, 7) is 11.4. The summed E-state index contributed by atoms with van der Waals surface area (Å²) >= 11 is 0. The maximum absolute atomic E-state index is 11.3. The van der Waals surface area contributed by atoms with Gasteiger partial charge >= 0.3 is 0 Å². The predicted octanol–water partition coefficient (Wildman–Crippen LogP) is 3.23. The number of aryl methyl sites for hydroxylation is 1. The Kier molecular flexibility index (Phi) is 4.66. The van der Waals surface area contributed by atoms with Crippen LogP contribution in [0.25, 0.3) is 10.9 Å². The molecule has 0 N–H and O–H groups in total. The minimum Gasteiger partial charge on any atom is -0.368 e. The molecule has 6 heteroatoms. The molecule has 0 unspecified atom stereocenters. The van der Waals surface area contributed by atoms with Gasteiger partial charge in [0.1, 0.15) is 0 Å². The zero-order valence-corrected chi connectivity index (χ0v) is 14.5. The van der Waals surface area contributed by atoms with E-state index in [-0.39, 0.29) is 10.6 Å². The summed E-state index contributed by atoms with van der Waals surface area (Å²) in [4.78, 5) is 20.2. The third-order valence-electron chi connectivity index (χ3n) is 4.46. The van der Waals surface area contributed by atoms with Crippen LogP contribution in [0.2, 0.25) is 0 Å². The Balaban J connectivity index is 1.93. The lowest BCUT2D eigenvalue weighted by molar-refractivity contribution is -0.383. The zero-order valence-electron chi connectivity index (χ0n) is 14.5. The Labute approximate surface area is 142 Å². The number of nitro groups is 1. The van der Waals surface area contributed by atoms with Gasteiger partial charge in [-0.25, -0.2) is 4.98 Å². The number of non-ortho nitro benzene ring substituents is 1. The van der Waals surface area contributed by atoms with Gasteiger partial charge < -0.3 is 4.90 Å². The molecule has 0 saturated carbocycles. The van der Waals surface area contributed by atoms with E-state index < -0.39 is 0 Å². The van der Waals surface area contributed by atoms with Gasteiger partial charge in [0.2, 0.25) is 0 Å². The van der Waals surface area contributed by atoms with E-state index >= 15 is 0 Å². The van der Waals surface area contributed by atoms with E-state index in [0.29, 0.717) is 11.4 Å². The number of nitrogens with zero attached hydrogens (tertiary/aromatic N) is 4. The first-order valence-electron chi connectivity index (χ1n) is 8.48. The van der Waals surface area contributed by atoms with Crippen LogP contribution in [-0.2, 0) is 0 Å². The molecule has 0 amide bonds. The highest BCUT2D eigenvalue weighted by molar-refractivity contribution is 5.97. The molecule has 3 rings (SSSR count). The summed E-state index contributed by atoms with van der Waals surface area (Å²) < 4.78 is 0. The first kappa shape index (κ1) is 16.6. The number of anilines is 1. The van der Waals surface area contributed by atoms with Crippen molar-refractivity contribution in [3.8, 4) is 0 Å². The number of nitro benzene ring substituents is 1. The molecule has 1 aromatic heterocycles. The Morgan fingerprint density at radius 2 is 1.96 bits per heavy atom. The first-order valence-corrected chi connectivity index (χ1v) is 8.48. The fourth-order valence-corrected chi connectivity index (χ4v) is 3.44. The lowest BCUT2D eigenvalue weighted by atomic mass is 10.1. The normalized spacial score (nSPS) is 16.1. The standard InChI is InChI=1S/C18H24N4O2/c1-13(2)12-20-7-9-21(10-8-20)17-11-14(3)19-18-15(17)5-4-6-16(18)22(23)24/h4-6,11,13H,7-10,12H2,1-3H3. The van der Waals surface area contributed by atoms with Gasteiger partial charge in [0.25, 0.3) is 5.69 Å². The van der Waals surface area contributed by atoms with Crippen LogP contribution >= 0.6 is 0 Å². The second-order valence-corrected chi connectivity index (χ2v) is 6.89. The number of fused-ring (bicyclic) bond motifs is 1. The van der Waals surface area contributed by atoms with Crippen molar-refractivity contribution in [2.45, 2.75) is 20.8 Å². The molecule has 24 heavy (non-hydrogen) atoms. The van der Waals surface area contributed by atoms with Gasteiger partial charge in [-0.1, -0.05) is 26.0 Å². The summed E-state index contributed by atoms with van der Waals surface area (Å²) in [5, 5.41) is 12.2. The van der Waals surface area contributed by atoms with Gasteiger partial charge in [0.05, 0.1) is 4.92 Å². The highest BCUT2D eigenvalue weighted by atomic mass is 16.6. The van der Waals surface area contributed by atoms with Crippen molar-refractivity contribution in [3.63, 3.8) is 0 Å². The molecule has 6 nitrogen and oxygen atoms in total. The second-order valence-electron chi connectivity index (χ2n) is 6.89. The van der Waals surface area contributed by atoms with Crippen LogP contribution in [0.15, 0.2) is 24.3 Å². The van der Waals surface area contributed by atoms with E-state index in [2.05, 4.69) is 28.6 Å². The molecular weight excluding hydrogens is 304 g/mol. The third-order valence-corrected chi connectivity index (χ3v) is 4.46. The smallest absolute Gasteiger partial charge is 0.295 e.